The third kappa shape index (κ3) is 4.09. The number of hydrogen-bond donors (Lipinski definition) is 1. The number of halogens is 5. The van der Waals surface area contributed by atoms with Gasteiger partial charge in [0.1, 0.15) is 0 Å². The number of hydrogen-bond acceptors (Lipinski definition) is 3. The molecule has 1 aromatic carbocycles. The fourth-order valence-electron chi connectivity index (χ4n) is 3.79. The molecule has 28 heavy (non-hydrogen) atoms. The number of carbonyl (C=O) groups is 2. The van der Waals surface area contributed by atoms with Crippen LogP contribution in [-0.4, -0.2) is 64.2 Å². The van der Waals surface area contributed by atoms with Gasteiger partial charge in [0.25, 0.3) is 5.91 Å². The van der Waals surface area contributed by atoms with E-state index in [-0.39, 0.29) is 37.4 Å². The average Bonchev–Trinajstić information content (AvgIpc) is 2.89. The Morgan fingerprint density at radius 3 is 2.50 bits per heavy atom. The SMILES string of the molecule is CC(O)(C(=O)N1CC2CC(C1)N(C(=O)Cc1ccc(Br)cc1Br)C2)C(F)(F)F. The van der Waals surface area contributed by atoms with Gasteiger partial charge in [-0.3, -0.25) is 9.59 Å². The molecule has 2 bridgehead atoms. The standard InChI is InChI=1S/C18H19Br2F3N2O3/c1-17(28,18(21,22)23)16(27)24-7-10-4-13(9-24)25(8-10)15(26)5-11-2-3-12(19)6-14(11)20/h2-3,6,10,13,28H,4-5,7-9H2,1H3. The minimum absolute atomic E-state index is 0.00515. The van der Waals surface area contributed by atoms with Gasteiger partial charge in [0.05, 0.1) is 6.42 Å². The maximum atomic E-state index is 13.0. The van der Waals surface area contributed by atoms with Crippen LogP contribution in [0.25, 0.3) is 0 Å². The lowest BCUT2D eigenvalue weighted by molar-refractivity contribution is -0.250. The molecule has 2 saturated heterocycles. The van der Waals surface area contributed by atoms with Crippen molar-refractivity contribution in [3.8, 4) is 0 Å². The van der Waals surface area contributed by atoms with Crippen molar-refractivity contribution in [3.05, 3.63) is 32.7 Å². The number of aliphatic hydroxyl groups is 1. The lowest BCUT2D eigenvalue weighted by Gasteiger charge is -2.37. The second kappa shape index (κ2) is 7.60. The van der Waals surface area contributed by atoms with Crippen LogP contribution in [0.3, 0.4) is 0 Å². The van der Waals surface area contributed by atoms with Crippen molar-refractivity contribution in [3.63, 3.8) is 0 Å². The van der Waals surface area contributed by atoms with E-state index in [0.29, 0.717) is 19.9 Å². The van der Waals surface area contributed by atoms with Gasteiger partial charge in [0.2, 0.25) is 11.5 Å². The predicted octanol–water partition coefficient (Wildman–Crippen LogP) is 3.13. The molecule has 2 amide bonds. The van der Waals surface area contributed by atoms with Crippen LogP contribution >= 0.6 is 31.9 Å². The first-order valence-electron chi connectivity index (χ1n) is 8.72. The highest BCUT2D eigenvalue weighted by atomic mass is 79.9. The Balaban J connectivity index is 1.70. The molecule has 0 aliphatic carbocycles. The van der Waals surface area contributed by atoms with Gasteiger partial charge < -0.3 is 14.9 Å². The van der Waals surface area contributed by atoms with Gasteiger partial charge in [-0.1, -0.05) is 37.9 Å². The smallest absolute Gasteiger partial charge is 0.373 e. The molecule has 3 unspecified atom stereocenters. The summed E-state index contributed by atoms with van der Waals surface area (Å²) in [6.45, 7) is 0.970. The number of fused-ring (bicyclic) bond motifs is 2. The molecule has 2 heterocycles. The Bertz CT molecular complexity index is 801. The maximum absolute atomic E-state index is 13.0. The molecule has 3 rings (SSSR count). The zero-order valence-corrected chi connectivity index (χ0v) is 18.1. The molecule has 3 atom stereocenters. The van der Waals surface area contributed by atoms with Gasteiger partial charge in [-0.05, 0) is 37.0 Å². The quantitative estimate of drug-likeness (QED) is 0.657. The third-order valence-electron chi connectivity index (χ3n) is 5.34. The number of likely N-dealkylation sites (tertiary alicyclic amines) is 2. The van der Waals surface area contributed by atoms with Crippen molar-refractivity contribution in [1.29, 1.82) is 0 Å². The highest BCUT2D eigenvalue weighted by Gasteiger charge is 2.58. The van der Waals surface area contributed by atoms with Crippen molar-refractivity contribution in [2.45, 2.75) is 37.6 Å². The van der Waals surface area contributed by atoms with Crippen LogP contribution in [0.15, 0.2) is 27.1 Å². The molecular formula is C18H19Br2F3N2O3. The van der Waals surface area contributed by atoms with Crippen molar-refractivity contribution >= 4 is 43.7 Å². The fraction of sp³-hybridized carbons (Fsp3) is 0.556. The van der Waals surface area contributed by atoms with Crippen LogP contribution in [0.1, 0.15) is 18.9 Å². The minimum Gasteiger partial charge on any atom is -0.373 e. The summed E-state index contributed by atoms with van der Waals surface area (Å²) in [6.07, 6.45) is -4.25. The average molecular weight is 528 g/mol. The Hall–Kier alpha value is -1.13. The van der Waals surface area contributed by atoms with E-state index < -0.39 is 17.7 Å². The topological polar surface area (TPSA) is 60.9 Å². The van der Waals surface area contributed by atoms with Gasteiger partial charge in [0.15, 0.2) is 0 Å². The van der Waals surface area contributed by atoms with E-state index in [0.717, 1.165) is 19.4 Å². The number of alkyl halides is 3. The van der Waals surface area contributed by atoms with E-state index in [1.165, 1.54) is 0 Å². The molecule has 5 nitrogen and oxygen atoms in total. The van der Waals surface area contributed by atoms with E-state index in [9.17, 15) is 27.9 Å². The number of carbonyl (C=O) groups excluding carboxylic acids is 2. The molecule has 2 fully saturated rings. The van der Waals surface area contributed by atoms with E-state index in [1.807, 2.05) is 18.2 Å². The van der Waals surface area contributed by atoms with E-state index in [1.54, 1.807) is 4.90 Å². The molecule has 1 N–H and O–H groups in total. The van der Waals surface area contributed by atoms with Crippen LogP contribution in [0, 0.1) is 5.92 Å². The van der Waals surface area contributed by atoms with Crippen molar-refractivity contribution in [2.75, 3.05) is 19.6 Å². The Morgan fingerprint density at radius 2 is 1.89 bits per heavy atom. The van der Waals surface area contributed by atoms with Gasteiger partial charge in [-0.15, -0.1) is 0 Å². The van der Waals surface area contributed by atoms with E-state index in [2.05, 4.69) is 31.9 Å². The number of amides is 2. The number of piperidine rings is 1. The summed E-state index contributed by atoms with van der Waals surface area (Å²) >= 11 is 6.77. The summed E-state index contributed by atoms with van der Waals surface area (Å²) in [7, 11) is 0. The lowest BCUT2D eigenvalue weighted by atomic mass is 9.96. The molecule has 2 aliphatic rings. The summed E-state index contributed by atoms with van der Waals surface area (Å²) in [5, 5.41) is 9.68. The molecule has 0 aromatic heterocycles. The van der Waals surface area contributed by atoms with Crippen molar-refractivity contribution < 1.29 is 27.9 Å². The first-order valence-corrected chi connectivity index (χ1v) is 10.3. The summed E-state index contributed by atoms with van der Waals surface area (Å²) in [5.41, 5.74) is -2.62. The molecule has 1 aromatic rings. The van der Waals surface area contributed by atoms with Crippen LogP contribution in [0.4, 0.5) is 13.2 Å². The Kier molecular flexibility index (Phi) is 5.86. The molecular weight excluding hydrogens is 509 g/mol. The summed E-state index contributed by atoms with van der Waals surface area (Å²) in [6, 6.07) is 5.15. The zero-order valence-electron chi connectivity index (χ0n) is 15.0. The van der Waals surface area contributed by atoms with Gasteiger partial charge >= 0.3 is 6.18 Å². The fourth-order valence-corrected chi connectivity index (χ4v) is 4.98. The second-order valence-corrected chi connectivity index (χ2v) is 9.26. The predicted molar refractivity (Wildman–Crippen MR) is 102 cm³/mol. The monoisotopic (exact) mass is 526 g/mol. The normalized spacial score (nSPS) is 24.2. The minimum atomic E-state index is -5.05. The number of rotatable bonds is 3. The van der Waals surface area contributed by atoms with E-state index >= 15 is 0 Å². The van der Waals surface area contributed by atoms with E-state index in [4.69, 9.17) is 0 Å². The number of nitrogens with zero attached hydrogens (tertiary/aromatic N) is 2. The highest BCUT2D eigenvalue weighted by molar-refractivity contribution is 9.11. The summed E-state index contributed by atoms with van der Waals surface area (Å²) in [4.78, 5) is 27.7. The molecule has 10 heteroatoms. The van der Waals surface area contributed by atoms with Crippen LogP contribution < -0.4 is 0 Å². The van der Waals surface area contributed by atoms with Crippen LogP contribution in [0.5, 0.6) is 0 Å². The van der Waals surface area contributed by atoms with Crippen LogP contribution in [0.2, 0.25) is 0 Å². The van der Waals surface area contributed by atoms with Gasteiger partial charge in [0, 0.05) is 34.6 Å². The first kappa shape index (κ1) is 21.6. The molecule has 0 radical (unpaired) electrons. The Labute approximate surface area is 177 Å². The zero-order chi connectivity index (χ0) is 20.9. The maximum Gasteiger partial charge on any atom is 0.426 e. The number of benzene rings is 1. The highest BCUT2D eigenvalue weighted by Crippen LogP contribution is 2.36. The molecule has 2 aliphatic heterocycles. The summed E-state index contributed by atoms with van der Waals surface area (Å²) in [5.74, 6) is -1.59. The Morgan fingerprint density at radius 1 is 1.21 bits per heavy atom. The third-order valence-corrected chi connectivity index (χ3v) is 6.58. The molecule has 0 saturated carbocycles. The van der Waals surface area contributed by atoms with Crippen molar-refractivity contribution in [2.24, 2.45) is 5.92 Å². The second-order valence-electron chi connectivity index (χ2n) is 7.49. The summed E-state index contributed by atoms with van der Waals surface area (Å²) < 4.78 is 40.6. The van der Waals surface area contributed by atoms with Gasteiger partial charge in [-0.25, -0.2) is 0 Å². The molecule has 154 valence electrons. The largest absolute Gasteiger partial charge is 0.426 e. The van der Waals surface area contributed by atoms with Crippen LogP contribution in [-0.2, 0) is 16.0 Å². The van der Waals surface area contributed by atoms with Gasteiger partial charge in [-0.2, -0.15) is 13.2 Å². The lowest BCUT2D eigenvalue weighted by Crippen LogP contribution is -2.59. The van der Waals surface area contributed by atoms with Crippen molar-refractivity contribution in [1.82, 2.24) is 9.80 Å². The molecule has 0 spiro atoms. The first-order chi connectivity index (χ1) is 12.9.